The summed E-state index contributed by atoms with van der Waals surface area (Å²) in [5, 5.41) is 19.0. The minimum absolute atomic E-state index is 0.0533. The summed E-state index contributed by atoms with van der Waals surface area (Å²) < 4.78 is 0. The quantitative estimate of drug-likeness (QED) is 0.655. The molecule has 0 radical (unpaired) electrons. The van der Waals surface area contributed by atoms with E-state index in [2.05, 4.69) is 0 Å². The van der Waals surface area contributed by atoms with E-state index in [0.29, 0.717) is 0 Å². The molecular formula is C9H20O2. The Morgan fingerprint density at radius 2 is 1.82 bits per heavy atom. The summed E-state index contributed by atoms with van der Waals surface area (Å²) in [6.07, 6.45) is 1.35. The van der Waals surface area contributed by atoms with E-state index in [9.17, 15) is 10.2 Å². The van der Waals surface area contributed by atoms with E-state index < -0.39 is 5.60 Å². The molecule has 2 atom stereocenters. The standard InChI is InChI=1S/C9H20O2/c1-5-6-8(10)7(2)9(3,4)11/h7-8,10-11H,5-6H2,1-4H3. The lowest BCUT2D eigenvalue weighted by Gasteiger charge is -2.29. The molecule has 0 saturated carbocycles. The highest BCUT2D eigenvalue weighted by Gasteiger charge is 2.27. The first-order valence-corrected chi connectivity index (χ1v) is 4.30. The second kappa shape index (κ2) is 4.07. The Bertz CT molecular complexity index is 105. The third kappa shape index (κ3) is 3.73. The Balaban J connectivity index is 3.91. The molecule has 0 aromatic heterocycles. The lowest BCUT2D eigenvalue weighted by molar-refractivity contribution is -0.0403. The first-order valence-electron chi connectivity index (χ1n) is 4.30. The molecule has 2 N–H and O–H groups in total. The van der Waals surface area contributed by atoms with Crippen LogP contribution in [0.1, 0.15) is 40.5 Å². The molecule has 0 spiro atoms. The smallest absolute Gasteiger partial charge is 0.0641 e. The van der Waals surface area contributed by atoms with Crippen LogP contribution >= 0.6 is 0 Å². The first kappa shape index (κ1) is 10.9. The molecule has 2 unspecified atom stereocenters. The van der Waals surface area contributed by atoms with Crippen LogP contribution < -0.4 is 0 Å². The topological polar surface area (TPSA) is 40.5 Å². The maximum Gasteiger partial charge on any atom is 0.0641 e. The van der Waals surface area contributed by atoms with Gasteiger partial charge >= 0.3 is 0 Å². The van der Waals surface area contributed by atoms with Gasteiger partial charge in [-0.2, -0.15) is 0 Å². The fraction of sp³-hybridized carbons (Fsp3) is 1.00. The fourth-order valence-corrected chi connectivity index (χ4v) is 1.02. The monoisotopic (exact) mass is 160 g/mol. The van der Waals surface area contributed by atoms with Gasteiger partial charge in [0.1, 0.15) is 0 Å². The van der Waals surface area contributed by atoms with Crippen LogP contribution in [0.5, 0.6) is 0 Å². The van der Waals surface area contributed by atoms with Crippen molar-refractivity contribution in [1.29, 1.82) is 0 Å². The van der Waals surface area contributed by atoms with E-state index in [1.54, 1.807) is 13.8 Å². The zero-order valence-electron chi connectivity index (χ0n) is 7.96. The zero-order valence-corrected chi connectivity index (χ0v) is 7.96. The third-order valence-electron chi connectivity index (χ3n) is 2.28. The summed E-state index contributed by atoms with van der Waals surface area (Å²) in [5.41, 5.74) is -0.769. The molecule has 0 aromatic rings. The zero-order chi connectivity index (χ0) is 9.07. The molecule has 0 aliphatic rings. The van der Waals surface area contributed by atoms with Gasteiger partial charge in [0.25, 0.3) is 0 Å². The SMILES string of the molecule is CCCC(O)C(C)C(C)(C)O. The second-order valence-corrected chi connectivity index (χ2v) is 3.80. The molecule has 0 saturated heterocycles. The molecule has 2 heteroatoms. The number of hydrogen-bond acceptors (Lipinski definition) is 2. The Morgan fingerprint density at radius 3 is 2.09 bits per heavy atom. The number of hydrogen-bond donors (Lipinski definition) is 2. The van der Waals surface area contributed by atoms with Gasteiger partial charge in [-0.25, -0.2) is 0 Å². The van der Waals surface area contributed by atoms with Crippen LogP contribution in [0.15, 0.2) is 0 Å². The largest absolute Gasteiger partial charge is 0.393 e. The highest BCUT2D eigenvalue weighted by Crippen LogP contribution is 2.21. The molecule has 68 valence electrons. The summed E-state index contributed by atoms with van der Waals surface area (Å²) >= 11 is 0. The van der Waals surface area contributed by atoms with Crippen LogP contribution in [0.3, 0.4) is 0 Å². The molecule has 0 aliphatic heterocycles. The van der Waals surface area contributed by atoms with Gasteiger partial charge in [-0.1, -0.05) is 20.3 Å². The van der Waals surface area contributed by atoms with Crippen LogP contribution in [0.2, 0.25) is 0 Å². The third-order valence-corrected chi connectivity index (χ3v) is 2.28. The fourth-order valence-electron chi connectivity index (χ4n) is 1.02. The average Bonchev–Trinajstić information content (AvgIpc) is 1.85. The van der Waals surface area contributed by atoms with E-state index in [4.69, 9.17) is 0 Å². The summed E-state index contributed by atoms with van der Waals surface area (Å²) in [6, 6.07) is 0. The van der Waals surface area contributed by atoms with Gasteiger partial charge in [0, 0.05) is 5.92 Å². The minimum atomic E-state index is -0.769. The van der Waals surface area contributed by atoms with E-state index >= 15 is 0 Å². The Kier molecular flexibility index (Phi) is 4.04. The molecule has 0 aromatic carbocycles. The first-order chi connectivity index (χ1) is 4.89. The lowest BCUT2D eigenvalue weighted by Crippen LogP contribution is -2.37. The van der Waals surface area contributed by atoms with Gasteiger partial charge in [-0.15, -0.1) is 0 Å². The van der Waals surface area contributed by atoms with Crippen molar-refractivity contribution in [2.24, 2.45) is 5.92 Å². The van der Waals surface area contributed by atoms with Crippen molar-refractivity contribution in [3.63, 3.8) is 0 Å². The van der Waals surface area contributed by atoms with Crippen molar-refractivity contribution in [1.82, 2.24) is 0 Å². The molecular weight excluding hydrogens is 140 g/mol. The molecule has 2 nitrogen and oxygen atoms in total. The van der Waals surface area contributed by atoms with E-state index in [0.717, 1.165) is 12.8 Å². The van der Waals surface area contributed by atoms with E-state index in [1.165, 1.54) is 0 Å². The average molecular weight is 160 g/mol. The molecule has 0 amide bonds. The molecule has 0 fully saturated rings. The van der Waals surface area contributed by atoms with Gasteiger partial charge in [-0.3, -0.25) is 0 Å². The molecule has 0 aliphatic carbocycles. The summed E-state index contributed by atoms with van der Waals surface area (Å²) in [5.74, 6) is -0.0533. The second-order valence-electron chi connectivity index (χ2n) is 3.80. The van der Waals surface area contributed by atoms with Crippen molar-refractivity contribution in [2.45, 2.75) is 52.2 Å². The Hall–Kier alpha value is -0.0800. The minimum Gasteiger partial charge on any atom is -0.393 e. The maximum atomic E-state index is 9.52. The van der Waals surface area contributed by atoms with E-state index in [1.807, 2.05) is 13.8 Å². The van der Waals surface area contributed by atoms with Crippen LogP contribution in [0.25, 0.3) is 0 Å². The Morgan fingerprint density at radius 1 is 1.36 bits per heavy atom. The molecule has 11 heavy (non-hydrogen) atoms. The predicted octanol–water partition coefficient (Wildman–Crippen LogP) is 1.55. The Labute approximate surface area is 69.2 Å². The van der Waals surface area contributed by atoms with E-state index in [-0.39, 0.29) is 12.0 Å². The maximum absolute atomic E-state index is 9.52. The molecule has 0 heterocycles. The molecule has 0 rings (SSSR count). The van der Waals surface area contributed by atoms with Gasteiger partial charge in [-0.05, 0) is 20.3 Å². The van der Waals surface area contributed by atoms with Gasteiger partial charge in [0.05, 0.1) is 11.7 Å². The van der Waals surface area contributed by atoms with Crippen LogP contribution in [-0.4, -0.2) is 21.9 Å². The molecule has 0 bridgehead atoms. The van der Waals surface area contributed by atoms with Crippen molar-refractivity contribution in [3.05, 3.63) is 0 Å². The van der Waals surface area contributed by atoms with Crippen molar-refractivity contribution in [2.75, 3.05) is 0 Å². The highest BCUT2D eigenvalue weighted by atomic mass is 16.3. The number of aliphatic hydroxyl groups is 2. The van der Waals surface area contributed by atoms with Gasteiger partial charge < -0.3 is 10.2 Å². The van der Waals surface area contributed by atoms with Crippen molar-refractivity contribution < 1.29 is 10.2 Å². The van der Waals surface area contributed by atoms with Crippen LogP contribution in [-0.2, 0) is 0 Å². The van der Waals surface area contributed by atoms with Gasteiger partial charge in [0.15, 0.2) is 0 Å². The van der Waals surface area contributed by atoms with Crippen molar-refractivity contribution in [3.8, 4) is 0 Å². The summed E-state index contributed by atoms with van der Waals surface area (Å²) in [6.45, 7) is 7.37. The van der Waals surface area contributed by atoms with Gasteiger partial charge in [0.2, 0.25) is 0 Å². The van der Waals surface area contributed by atoms with Crippen LogP contribution in [0.4, 0.5) is 0 Å². The predicted molar refractivity (Wildman–Crippen MR) is 46.4 cm³/mol. The lowest BCUT2D eigenvalue weighted by atomic mass is 9.86. The normalized spacial score (nSPS) is 18.0. The summed E-state index contributed by atoms with van der Waals surface area (Å²) in [4.78, 5) is 0. The highest BCUT2D eigenvalue weighted by molar-refractivity contribution is 4.79. The van der Waals surface area contributed by atoms with Crippen LogP contribution in [0, 0.1) is 5.92 Å². The summed E-state index contributed by atoms with van der Waals surface area (Å²) in [7, 11) is 0. The number of aliphatic hydroxyl groups excluding tert-OH is 1. The number of rotatable bonds is 4. The van der Waals surface area contributed by atoms with Crippen molar-refractivity contribution >= 4 is 0 Å².